The van der Waals surface area contributed by atoms with Gasteiger partial charge in [-0.1, -0.05) is 58.5 Å². The van der Waals surface area contributed by atoms with Gasteiger partial charge in [-0.15, -0.1) is 0 Å². The molecule has 35 heavy (non-hydrogen) atoms. The van der Waals surface area contributed by atoms with E-state index in [4.69, 9.17) is 21.6 Å². The lowest BCUT2D eigenvalue weighted by Gasteiger charge is -2.23. The van der Waals surface area contributed by atoms with Crippen LogP contribution >= 0.6 is 34.3 Å². The highest BCUT2D eigenvalue weighted by atomic mass is 35.5. The predicted molar refractivity (Wildman–Crippen MR) is 145 cm³/mol. The molecule has 1 fully saturated rings. The molecule has 1 aliphatic heterocycles. The Morgan fingerprint density at radius 3 is 2.60 bits per heavy atom. The largest absolute Gasteiger partial charge is 0.378 e. The van der Waals surface area contributed by atoms with Crippen molar-refractivity contribution < 1.29 is 4.39 Å². The maximum absolute atomic E-state index is 13.9. The van der Waals surface area contributed by atoms with Crippen LogP contribution in [0.3, 0.4) is 0 Å². The Kier molecular flexibility index (Phi) is 5.55. The first-order valence-corrected chi connectivity index (χ1v) is 13.0. The average molecular weight is 523 g/mol. The molecule has 5 aromatic rings. The highest BCUT2D eigenvalue weighted by molar-refractivity contribution is 7.22. The number of aliphatic imine (C=N–C) groups is 1. The Bertz CT molecular complexity index is 1540. The van der Waals surface area contributed by atoms with Crippen LogP contribution in [-0.2, 0) is 0 Å². The number of fused-ring (bicyclic) bond motifs is 2. The van der Waals surface area contributed by atoms with Crippen molar-refractivity contribution in [1.82, 2.24) is 15.4 Å². The monoisotopic (exact) mass is 522 g/mol. The third-order valence-corrected chi connectivity index (χ3v) is 8.40. The number of rotatable bonds is 4. The maximum Gasteiger partial charge on any atom is 0.212 e. The van der Waals surface area contributed by atoms with Crippen LogP contribution < -0.4 is 15.3 Å². The van der Waals surface area contributed by atoms with E-state index >= 15 is 0 Å². The third-order valence-electron chi connectivity index (χ3n) is 5.90. The Balaban J connectivity index is 1.39. The summed E-state index contributed by atoms with van der Waals surface area (Å²) < 4.78 is 15.6. The smallest absolute Gasteiger partial charge is 0.212 e. The van der Waals surface area contributed by atoms with Gasteiger partial charge in [-0.05, 0) is 42.0 Å². The molecule has 0 saturated carbocycles. The van der Waals surface area contributed by atoms with Crippen molar-refractivity contribution in [1.29, 1.82) is 0 Å². The van der Waals surface area contributed by atoms with E-state index in [2.05, 4.69) is 50.7 Å². The fourth-order valence-electron chi connectivity index (χ4n) is 4.10. The van der Waals surface area contributed by atoms with Crippen LogP contribution in [0.2, 0.25) is 5.02 Å². The zero-order valence-electron chi connectivity index (χ0n) is 18.9. The Morgan fingerprint density at radius 2 is 1.83 bits per heavy atom. The first-order valence-electron chi connectivity index (χ1n) is 11.0. The van der Waals surface area contributed by atoms with Gasteiger partial charge in [0.1, 0.15) is 11.7 Å². The molecule has 176 valence electrons. The lowest BCUT2D eigenvalue weighted by atomic mass is 10.0. The van der Waals surface area contributed by atoms with Crippen molar-refractivity contribution in [2.75, 3.05) is 24.0 Å². The lowest BCUT2D eigenvalue weighted by molar-refractivity contribution is 0.630. The predicted octanol–water partition coefficient (Wildman–Crippen LogP) is 6.95. The topological polar surface area (TPSA) is 56.7 Å². The van der Waals surface area contributed by atoms with Crippen molar-refractivity contribution >= 4 is 76.5 Å². The van der Waals surface area contributed by atoms with Gasteiger partial charge in [-0.25, -0.2) is 19.4 Å². The summed E-state index contributed by atoms with van der Waals surface area (Å²) >= 11 is 9.06. The summed E-state index contributed by atoms with van der Waals surface area (Å²) in [6.07, 6.45) is 0.648. The molecule has 0 bridgehead atoms. The molecule has 3 aromatic carbocycles. The zero-order valence-corrected chi connectivity index (χ0v) is 21.3. The highest BCUT2D eigenvalue weighted by Crippen LogP contribution is 2.39. The summed E-state index contributed by atoms with van der Waals surface area (Å²) in [6.45, 7) is 0. The lowest BCUT2D eigenvalue weighted by Crippen LogP contribution is -2.34. The molecule has 1 atom stereocenters. The van der Waals surface area contributed by atoms with Crippen LogP contribution in [0.5, 0.6) is 0 Å². The van der Waals surface area contributed by atoms with E-state index in [1.54, 1.807) is 17.4 Å². The number of thiazole rings is 2. The summed E-state index contributed by atoms with van der Waals surface area (Å²) in [6, 6.07) is 19.6. The number of amidine groups is 1. The number of benzene rings is 3. The van der Waals surface area contributed by atoms with Crippen molar-refractivity contribution in [3.8, 4) is 0 Å². The van der Waals surface area contributed by atoms with E-state index in [-0.39, 0.29) is 11.1 Å². The van der Waals surface area contributed by atoms with Gasteiger partial charge in [-0.3, -0.25) is 10.4 Å². The Morgan fingerprint density at radius 1 is 1.03 bits per heavy atom. The van der Waals surface area contributed by atoms with Crippen LogP contribution in [0.4, 0.5) is 20.3 Å². The molecule has 6 rings (SSSR count). The number of halogens is 2. The number of anilines is 2. The molecular weight excluding hydrogens is 503 g/mol. The molecule has 6 nitrogen and oxygen atoms in total. The van der Waals surface area contributed by atoms with Gasteiger partial charge in [0.15, 0.2) is 0 Å². The summed E-state index contributed by atoms with van der Waals surface area (Å²) in [4.78, 5) is 16.3. The van der Waals surface area contributed by atoms with Gasteiger partial charge >= 0.3 is 0 Å². The van der Waals surface area contributed by atoms with Gasteiger partial charge < -0.3 is 4.90 Å². The van der Waals surface area contributed by atoms with E-state index in [0.717, 1.165) is 32.4 Å². The number of aromatic nitrogens is 2. The van der Waals surface area contributed by atoms with Crippen LogP contribution in [0.1, 0.15) is 18.0 Å². The molecule has 3 heterocycles. The summed E-state index contributed by atoms with van der Waals surface area (Å²) in [5.41, 5.74) is 7.34. The molecule has 2 aromatic heterocycles. The minimum atomic E-state index is -0.454. The minimum Gasteiger partial charge on any atom is -0.378 e. The number of hydrazine groups is 1. The van der Waals surface area contributed by atoms with Gasteiger partial charge in [0.2, 0.25) is 10.3 Å². The normalized spacial score (nSPS) is 17.0. The molecular formula is C25H20ClFN6S2. The third kappa shape index (κ3) is 4.09. The van der Waals surface area contributed by atoms with Gasteiger partial charge in [0.05, 0.1) is 31.5 Å². The van der Waals surface area contributed by atoms with Crippen molar-refractivity contribution in [3.05, 3.63) is 77.1 Å². The van der Waals surface area contributed by atoms with Crippen LogP contribution in [-0.4, -0.2) is 29.9 Å². The van der Waals surface area contributed by atoms with E-state index in [9.17, 15) is 4.39 Å². The van der Waals surface area contributed by atoms with Crippen molar-refractivity contribution in [2.45, 2.75) is 12.5 Å². The average Bonchev–Trinajstić information content (AvgIpc) is 3.58. The summed E-state index contributed by atoms with van der Waals surface area (Å²) in [5.74, 6) is 0.311. The second-order valence-corrected chi connectivity index (χ2v) is 10.8. The van der Waals surface area contributed by atoms with Gasteiger partial charge in [0, 0.05) is 26.2 Å². The first kappa shape index (κ1) is 22.2. The van der Waals surface area contributed by atoms with Crippen molar-refractivity contribution in [3.63, 3.8) is 0 Å². The Hall–Kier alpha value is -3.27. The number of hydrogen-bond donors (Lipinski definition) is 1. The number of hydrogen-bond acceptors (Lipinski definition) is 7. The van der Waals surface area contributed by atoms with E-state index in [1.165, 1.54) is 17.4 Å². The van der Waals surface area contributed by atoms with Crippen LogP contribution in [0.25, 0.3) is 20.4 Å². The molecule has 0 spiro atoms. The molecule has 1 unspecified atom stereocenters. The highest BCUT2D eigenvalue weighted by Gasteiger charge is 2.33. The number of nitrogens with zero attached hydrogens (tertiary/aromatic N) is 5. The quantitative estimate of drug-likeness (QED) is 0.277. The molecule has 0 aliphatic carbocycles. The number of para-hydroxylation sites is 1. The molecule has 1 N–H and O–H groups in total. The fraction of sp³-hybridized carbons (Fsp3) is 0.160. The second-order valence-electron chi connectivity index (χ2n) is 8.42. The molecule has 0 radical (unpaired) electrons. The summed E-state index contributed by atoms with van der Waals surface area (Å²) in [5, 5.41) is 3.56. The molecule has 0 amide bonds. The van der Waals surface area contributed by atoms with Crippen LogP contribution in [0, 0.1) is 5.82 Å². The van der Waals surface area contributed by atoms with Crippen molar-refractivity contribution in [2.24, 2.45) is 4.99 Å². The van der Waals surface area contributed by atoms with Crippen LogP contribution in [0.15, 0.2) is 65.7 Å². The zero-order chi connectivity index (χ0) is 24.1. The minimum absolute atomic E-state index is 0.000866. The summed E-state index contributed by atoms with van der Waals surface area (Å²) in [7, 11) is 4.06. The van der Waals surface area contributed by atoms with Gasteiger partial charge in [-0.2, -0.15) is 0 Å². The SMILES string of the molecule is CN(C)c1ccc(C2C/C(=N/c3nc4ccc(F)c(Cl)c4s3)NN2c2nc3ccccc3s2)cc1. The fourth-order valence-corrected chi connectivity index (χ4v) is 6.24. The Labute approximate surface area is 214 Å². The molecule has 1 aliphatic rings. The molecule has 1 saturated heterocycles. The van der Waals surface area contributed by atoms with Gasteiger partial charge in [0.25, 0.3) is 0 Å². The van der Waals surface area contributed by atoms with E-state index in [1.807, 2.05) is 32.3 Å². The number of nitrogens with one attached hydrogen (secondary N) is 1. The maximum atomic E-state index is 13.9. The second kappa shape index (κ2) is 8.75. The van der Waals surface area contributed by atoms with E-state index in [0.29, 0.717) is 21.8 Å². The standard InChI is InChI=1S/C25H20ClFN6S2/c1-32(2)15-9-7-14(8-10-15)19-13-21(30-24-28-18-12-11-16(27)22(26)23(18)35-24)31-33(19)25-29-17-5-3-4-6-20(17)34-25/h3-12,19H,13H2,1-2H3,(H,28,30,31). The first-order chi connectivity index (χ1) is 17.0. The van der Waals surface area contributed by atoms with E-state index < -0.39 is 5.82 Å². The molecule has 10 heteroatoms.